The molecule has 0 N–H and O–H groups in total. The highest BCUT2D eigenvalue weighted by atomic mass is 16.5. The fourth-order valence-corrected chi connectivity index (χ4v) is 1.49. The molecule has 0 heterocycles. The van der Waals surface area contributed by atoms with Crippen molar-refractivity contribution in [2.24, 2.45) is 0 Å². The highest BCUT2D eigenvalue weighted by Crippen LogP contribution is 2.30. The van der Waals surface area contributed by atoms with Gasteiger partial charge in [0, 0.05) is 11.6 Å². The van der Waals surface area contributed by atoms with E-state index in [1.54, 1.807) is 0 Å². The fraction of sp³-hybridized carbons (Fsp3) is 0.267. The second-order valence-corrected chi connectivity index (χ2v) is 3.76. The van der Waals surface area contributed by atoms with Crippen molar-refractivity contribution >= 4 is 12.0 Å². The van der Waals surface area contributed by atoms with E-state index in [1.807, 2.05) is 36.4 Å². The first-order valence-electron chi connectivity index (χ1n) is 5.83. The SMILES string of the molecule is C=CC(=O)OC1C=Cc2ccccc21.CCC. The van der Waals surface area contributed by atoms with E-state index in [9.17, 15) is 4.79 Å². The third-order valence-corrected chi connectivity index (χ3v) is 2.16. The number of benzene rings is 1. The molecule has 0 bridgehead atoms. The summed E-state index contributed by atoms with van der Waals surface area (Å²) in [4.78, 5) is 11.0. The van der Waals surface area contributed by atoms with Gasteiger partial charge in [0.25, 0.3) is 0 Å². The lowest BCUT2D eigenvalue weighted by atomic mass is 10.1. The molecule has 2 heteroatoms. The van der Waals surface area contributed by atoms with Gasteiger partial charge in [-0.2, -0.15) is 0 Å². The monoisotopic (exact) mass is 230 g/mol. The number of rotatable bonds is 2. The smallest absolute Gasteiger partial charge is 0.331 e. The van der Waals surface area contributed by atoms with Gasteiger partial charge in [0.2, 0.25) is 0 Å². The van der Waals surface area contributed by atoms with Crippen LogP contribution < -0.4 is 0 Å². The molecule has 1 atom stereocenters. The van der Waals surface area contributed by atoms with Crippen LogP contribution in [0.5, 0.6) is 0 Å². The molecule has 1 aromatic rings. The summed E-state index contributed by atoms with van der Waals surface area (Å²) in [6, 6.07) is 7.84. The van der Waals surface area contributed by atoms with Crippen LogP contribution in [0.1, 0.15) is 37.5 Å². The highest BCUT2D eigenvalue weighted by molar-refractivity contribution is 5.82. The van der Waals surface area contributed by atoms with Crippen LogP contribution in [0, 0.1) is 0 Å². The summed E-state index contributed by atoms with van der Waals surface area (Å²) in [6.07, 6.45) is 5.99. The average molecular weight is 230 g/mol. The van der Waals surface area contributed by atoms with Gasteiger partial charge in [0.05, 0.1) is 0 Å². The summed E-state index contributed by atoms with van der Waals surface area (Å²) in [7, 11) is 0. The van der Waals surface area contributed by atoms with Crippen LogP contribution >= 0.6 is 0 Å². The van der Waals surface area contributed by atoms with E-state index in [0.717, 1.165) is 11.1 Å². The first-order valence-corrected chi connectivity index (χ1v) is 5.83. The van der Waals surface area contributed by atoms with E-state index < -0.39 is 5.97 Å². The van der Waals surface area contributed by atoms with Crippen molar-refractivity contribution < 1.29 is 9.53 Å². The standard InChI is InChI=1S/C12H10O2.C3H8/c1-2-12(13)14-11-8-7-9-5-3-4-6-10(9)11;1-3-2/h2-8,11H,1H2;3H2,1-2H3. The molecule has 1 unspecified atom stereocenters. The fourth-order valence-electron chi connectivity index (χ4n) is 1.49. The number of hydrogen-bond acceptors (Lipinski definition) is 2. The second kappa shape index (κ2) is 6.69. The minimum atomic E-state index is -0.392. The molecule has 17 heavy (non-hydrogen) atoms. The van der Waals surface area contributed by atoms with Gasteiger partial charge in [-0.15, -0.1) is 0 Å². The van der Waals surface area contributed by atoms with Gasteiger partial charge < -0.3 is 4.74 Å². The van der Waals surface area contributed by atoms with Crippen LogP contribution in [0.2, 0.25) is 0 Å². The first-order chi connectivity index (χ1) is 8.22. The molecule has 0 spiro atoms. The third kappa shape index (κ3) is 3.59. The number of esters is 1. The zero-order valence-electron chi connectivity index (χ0n) is 10.3. The Labute approximate surface area is 103 Å². The number of ether oxygens (including phenoxy) is 1. The lowest BCUT2D eigenvalue weighted by Gasteiger charge is -2.10. The summed E-state index contributed by atoms with van der Waals surface area (Å²) in [5, 5.41) is 0. The lowest BCUT2D eigenvalue weighted by molar-refractivity contribution is -0.141. The Morgan fingerprint density at radius 2 is 2.06 bits per heavy atom. The van der Waals surface area contributed by atoms with E-state index in [4.69, 9.17) is 4.74 Å². The molecule has 2 rings (SSSR count). The molecule has 1 aromatic carbocycles. The molecule has 0 aliphatic heterocycles. The molecular formula is C15H18O2. The predicted octanol–water partition coefficient (Wildman–Crippen LogP) is 3.90. The van der Waals surface area contributed by atoms with Gasteiger partial charge in [0.1, 0.15) is 6.10 Å². The van der Waals surface area contributed by atoms with Gasteiger partial charge in [-0.3, -0.25) is 0 Å². The molecule has 0 saturated heterocycles. The maximum atomic E-state index is 11.0. The van der Waals surface area contributed by atoms with Crippen LogP contribution in [0.3, 0.4) is 0 Å². The van der Waals surface area contributed by atoms with Crippen LogP contribution in [-0.4, -0.2) is 5.97 Å². The van der Waals surface area contributed by atoms with Gasteiger partial charge in [-0.1, -0.05) is 57.2 Å². The topological polar surface area (TPSA) is 26.3 Å². The predicted molar refractivity (Wildman–Crippen MR) is 70.5 cm³/mol. The van der Waals surface area contributed by atoms with Crippen LogP contribution in [0.15, 0.2) is 43.0 Å². The van der Waals surface area contributed by atoms with Crippen LogP contribution in [-0.2, 0) is 9.53 Å². The quantitative estimate of drug-likeness (QED) is 0.569. The Morgan fingerprint density at radius 3 is 2.71 bits per heavy atom. The molecule has 0 fully saturated rings. The van der Waals surface area contributed by atoms with Crippen molar-refractivity contribution in [1.82, 2.24) is 0 Å². The van der Waals surface area contributed by atoms with Crippen molar-refractivity contribution in [3.05, 3.63) is 54.1 Å². The molecule has 0 amide bonds. The Morgan fingerprint density at radius 1 is 1.41 bits per heavy atom. The lowest BCUT2D eigenvalue weighted by Crippen LogP contribution is -2.05. The van der Waals surface area contributed by atoms with Crippen LogP contribution in [0.25, 0.3) is 6.08 Å². The summed E-state index contributed by atoms with van der Waals surface area (Å²) < 4.78 is 5.14. The Kier molecular flexibility index (Phi) is 5.21. The van der Waals surface area contributed by atoms with Crippen molar-refractivity contribution in [3.8, 4) is 0 Å². The third-order valence-electron chi connectivity index (χ3n) is 2.16. The summed E-state index contributed by atoms with van der Waals surface area (Å²) in [5.74, 6) is -0.392. The largest absolute Gasteiger partial charge is 0.450 e. The van der Waals surface area contributed by atoms with Crippen molar-refractivity contribution in [3.63, 3.8) is 0 Å². The Balaban J connectivity index is 0.000000437. The first kappa shape index (κ1) is 13.2. The van der Waals surface area contributed by atoms with Gasteiger partial charge in [-0.05, 0) is 11.6 Å². The van der Waals surface area contributed by atoms with Crippen molar-refractivity contribution in [2.45, 2.75) is 26.4 Å². The molecule has 90 valence electrons. The maximum absolute atomic E-state index is 11.0. The second-order valence-electron chi connectivity index (χ2n) is 3.76. The molecule has 0 radical (unpaired) electrons. The molecule has 0 saturated carbocycles. The van der Waals surface area contributed by atoms with Crippen molar-refractivity contribution in [2.75, 3.05) is 0 Å². The average Bonchev–Trinajstić information content (AvgIpc) is 2.74. The summed E-state index contributed by atoms with van der Waals surface area (Å²) in [6.45, 7) is 7.61. The number of carbonyl (C=O) groups excluding carboxylic acids is 1. The van der Waals surface area contributed by atoms with Gasteiger partial charge in [0.15, 0.2) is 0 Å². The molecule has 1 aliphatic carbocycles. The van der Waals surface area contributed by atoms with Gasteiger partial charge >= 0.3 is 5.97 Å². The number of carbonyl (C=O) groups is 1. The van der Waals surface area contributed by atoms with E-state index in [1.165, 1.54) is 12.5 Å². The Bertz CT molecular complexity index is 419. The number of hydrogen-bond donors (Lipinski definition) is 0. The van der Waals surface area contributed by atoms with E-state index >= 15 is 0 Å². The van der Waals surface area contributed by atoms with E-state index in [0.29, 0.717) is 0 Å². The summed E-state index contributed by atoms with van der Waals surface area (Å²) in [5.41, 5.74) is 2.14. The van der Waals surface area contributed by atoms with Crippen LogP contribution in [0.4, 0.5) is 0 Å². The Hall–Kier alpha value is -1.83. The number of fused-ring (bicyclic) bond motifs is 1. The highest BCUT2D eigenvalue weighted by Gasteiger charge is 2.18. The minimum Gasteiger partial charge on any atom is -0.450 e. The molecule has 2 nitrogen and oxygen atoms in total. The minimum absolute atomic E-state index is 0.253. The normalized spacial score (nSPS) is 15.5. The molecule has 0 aromatic heterocycles. The van der Waals surface area contributed by atoms with E-state index in [2.05, 4.69) is 20.4 Å². The maximum Gasteiger partial charge on any atom is 0.331 e. The van der Waals surface area contributed by atoms with Crippen molar-refractivity contribution in [1.29, 1.82) is 0 Å². The summed E-state index contributed by atoms with van der Waals surface area (Å²) >= 11 is 0. The zero-order valence-corrected chi connectivity index (χ0v) is 10.3. The van der Waals surface area contributed by atoms with E-state index in [-0.39, 0.29) is 6.10 Å². The van der Waals surface area contributed by atoms with Gasteiger partial charge in [-0.25, -0.2) is 4.79 Å². The molecular weight excluding hydrogens is 212 g/mol. The zero-order chi connectivity index (χ0) is 12.7. The molecule has 1 aliphatic rings.